The van der Waals surface area contributed by atoms with E-state index in [1.165, 1.54) is 7.05 Å². The van der Waals surface area contributed by atoms with Gasteiger partial charge in [-0.25, -0.2) is 0 Å². The first kappa shape index (κ1) is 12.0. The molecule has 0 saturated heterocycles. The van der Waals surface area contributed by atoms with E-state index < -0.39 is 18.1 Å². The molecule has 15 heavy (non-hydrogen) atoms. The number of hydrogen-bond acceptors (Lipinski definition) is 1. The Labute approximate surface area is 87.3 Å². The normalized spacial score (nSPS) is 16.1. The van der Waals surface area contributed by atoms with Gasteiger partial charge in [-0.2, -0.15) is 13.2 Å². The molecule has 4 heteroatoms. The van der Waals surface area contributed by atoms with Crippen LogP contribution in [0.3, 0.4) is 0 Å². The van der Waals surface area contributed by atoms with Crippen LogP contribution >= 0.6 is 0 Å². The number of likely N-dealkylation sites (N-methyl/N-ethyl adjacent to an activating group) is 1. The van der Waals surface area contributed by atoms with Gasteiger partial charge in [0.05, 0.1) is 0 Å². The van der Waals surface area contributed by atoms with Crippen molar-refractivity contribution >= 4 is 0 Å². The summed E-state index contributed by atoms with van der Waals surface area (Å²) in [6.45, 7) is 1.57. The highest BCUT2D eigenvalue weighted by Crippen LogP contribution is 2.31. The zero-order chi connectivity index (χ0) is 11.5. The molecular weight excluding hydrogens is 203 g/mol. The molecule has 0 aliphatic heterocycles. The summed E-state index contributed by atoms with van der Waals surface area (Å²) >= 11 is 0. The molecule has 0 fully saturated rings. The molecule has 0 amide bonds. The van der Waals surface area contributed by atoms with Gasteiger partial charge >= 0.3 is 6.18 Å². The van der Waals surface area contributed by atoms with Crippen LogP contribution < -0.4 is 5.32 Å². The quantitative estimate of drug-likeness (QED) is 0.820. The average Bonchev–Trinajstić information content (AvgIpc) is 2.18. The van der Waals surface area contributed by atoms with Crippen molar-refractivity contribution in [2.45, 2.75) is 25.1 Å². The molecular formula is C11H14F3N. The third-order valence-corrected chi connectivity index (χ3v) is 2.49. The van der Waals surface area contributed by atoms with Crippen LogP contribution in [0.4, 0.5) is 13.2 Å². The molecule has 1 nitrogen and oxygen atoms in total. The predicted molar refractivity (Wildman–Crippen MR) is 53.8 cm³/mol. The molecule has 0 heterocycles. The molecule has 1 N–H and O–H groups in total. The van der Waals surface area contributed by atoms with Crippen LogP contribution in [-0.2, 0) is 0 Å². The van der Waals surface area contributed by atoms with Gasteiger partial charge < -0.3 is 5.32 Å². The Morgan fingerprint density at radius 3 is 2.07 bits per heavy atom. The van der Waals surface area contributed by atoms with Crippen molar-refractivity contribution < 1.29 is 13.2 Å². The van der Waals surface area contributed by atoms with E-state index in [4.69, 9.17) is 0 Å². The topological polar surface area (TPSA) is 12.0 Å². The number of nitrogens with one attached hydrogen (secondary N) is 1. The van der Waals surface area contributed by atoms with Gasteiger partial charge in [-0.05, 0) is 12.6 Å². The van der Waals surface area contributed by atoms with E-state index in [0.717, 1.165) is 0 Å². The van der Waals surface area contributed by atoms with Gasteiger partial charge in [0, 0.05) is 5.92 Å². The summed E-state index contributed by atoms with van der Waals surface area (Å²) in [7, 11) is 1.33. The summed E-state index contributed by atoms with van der Waals surface area (Å²) in [6, 6.07) is 7.20. The van der Waals surface area contributed by atoms with Gasteiger partial charge in [0.2, 0.25) is 0 Å². The largest absolute Gasteiger partial charge is 0.404 e. The molecule has 1 rings (SSSR count). The fourth-order valence-corrected chi connectivity index (χ4v) is 1.65. The second-order valence-corrected chi connectivity index (χ2v) is 3.51. The average molecular weight is 217 g/mol. The van der Waals surface area contributed by atoms with E-state index in [1.807, 2.05) is 0 Å². The van der Waals surface area contributed by atoms with Crippen LogP contribution in [0.2, 0.25) is 0 Å². The third-order valence-electron chi connectivity index (χ3n) is 2.49. The summed E-state index contributed by atoms with van der Waals surface area (Å²) in [5, 5.41) is 2.32. The molecule has 0 aromatic heterocycles. The number of alkyl halides is 3. The van der Waals surface area contributed by atoms with Crippen molar-refractivity contribution in [3.05, 3.63) is 35.9 Å². The molecule has 0 spiro atoms. The van der Waals surface area contributed by atoms with Crippen LogP contribution in [0, 0.1) is 0 Å². The van der Waals surface area contributed by atoms with Crippen molar-refractivity contribution in [1.82, 2.24) is 5.32 Å². The summed E-state index contributed by atoms with van der Waals surface area (Å²) in [5.41, 5.74) is 0.689. The predicted octanol–water partition coefficient (Wildman–Crippen LogP) is 2.94. The molecule has 0 bridgehead atoms. The Bertz CT molecular complexity index is 294. The van der Waals surface area contributed by atoms with Crippen molar-refractivity contribution in [3.8, 4) is 0 Å². The van der Waals surface area contributed by atoms with Crippen LogP contribution in [0.1, 0.15) is 18.4 Å². The highest BCUT2D eigenvalue weighted by Gasteiger charge is 2.42. The lowest BCUT2D eigenvalue weighted by Gasteiger charge is -2.26. The third kappa shape index (κ3) is 2.96. The Kier molecular flexibility index (Phi) is 3.74. The second-order valence-electron chi connectivity index (χ2n) is 3.51. The summed E-state index contributed by atoms with van der Waals surface area (Å²) in [6.07, 6.45) is -4.22. The number of benzene rings is 1. The van der Waals surface area contributed by atoms with E-state index in [1.54, 1.807) is 37.3 Å². The maximum absolute atomic E-state index is 12.6. The molecule has 0 aliphatic carbocycles. The zero-order valence-corrected chi connectivity index (χ0v) is 8.68. The molecule has 1 aromatic rings. The van der Waals surface area contributed by atoms with Gasteiger partial charge in [0.1, 0.15) is 6.04 Å². The van der Waals surface area contributed by atoms with Crippen LogP contribution in [0.25, 0.3) is 0 Å². The molecule has 2 atom stereocenters. The molecule has 84 valence electrons. The van der Waals surface area contributed by atoms with E-state index in [-0.39, 0.29) is 0 Å². The molecule has 0 saturated carbocycles. The smallest absolute Gasteiger partial charge is 0.309 e. The SMILES string of the molecule is CNC(C(C)c1ccccc1)C(F)(F)F. The Balaban J connectivity index is 2.88. The van der Waals surface area contributed by atoms with E-state index >= 15 is 0 Å². The van der Waals surface area contributed by atoms with Crippen molar-refractivity contribution in [2.75, 3.05) is 7.05 Å². The van der Waals surface area contributed by atoms with E-state index in [2.05, 4.69) is 5.32 Å². The summed E-state index contributed by atoms with van der Waals surface area (Å²) < 4.78 is 37.8. The standard InChI is InChI=1S/C11H14F3N/c1-8(9-6-4-3-5-7-9)10(15-2)11(12,13)14/h3-8,10,15H,1-2H3. The fourth-order valence-electron chi connectivity index (χ4n) is 1.65. The van der Waals surface area contributed by atoms with Gasteiger partial charge in [-0.15, -0.1) is 0 Å². The molecule has 0 aliphatic rings. The van der Waals surface area contributed by atoms with E-state index in [9.17, 15) is 13.2 Å². The maximum Gasteiger partial charge on any atom is 0.404 e. The Hall–Kier alpha value is -1.03. The van der Waals surface area contributed by atoms with Crippen LogP contribution in [0.15, 0.2) is 30.3 Å². The first-order valence-corrected chi connectivity index (χ1v) is 4.75. The van der Waals surface area contributed by atoms with Gasteiger partial charge in [0.15, 0.2) is 0 Å². The second kappa shape index (κ2) is 4.66. The number of halogens is 3. The maximum atomic E-state index is 12.6. The minimum absolute atomic E-state index is 0.587. The van der Waals surface area contributed by atoms with Crippen LogP contribution in [-0.4, -0.2) is 19.3 Å². The fraction of sp³-hybridized carbons (Fsp3) is 0.455. The summed E-state index contributed by atoms with van der Waals surface area (Å²) in [4.78, 5) is 0. The lowest BCUT2D eigenvalue weighted by Crippen LogP contribution is -2.43. The Morgan fingerprint density at radius 1 is 1.13 bits per heavy atom. The number of hydrogen-bond donors (Lipinski definition) is 1. The Morgan fingerprint density at radius 2 is 1.67 bits per heavy atom. The van der Waals surface area contributed by atoms with Crippen molar-refractivity contribution in [1.29, 1.82) is 0 Å². The minimum Gasteiger partial charge on any atom is -0.309 e. The summed E-state index contributed by atoms with van der Waals surface area (Å²) in [5.74, 6) is -0.587. The van der Waals surface area contributed by atoms with Gasteiger partial charge in [-0.3, -0.25) is 0 Å². The lowest BCUT2D eigenvalue weighted by molar-refractivity contribution is -0.158. The van der Waals surface area contributed by atoms with Crippen molar-refractivity contribution in [2.24, 2.45) is 0 Å². The van der Waals surface area contributed by atoms with Gasteiger partial charge in [0.25, 0.3) is 0 Å². The first-order valence-electron chi connectivity index (χ1n) is 4.75. The highest BCUT2D eigenvalue weighted by atomic mass is 19.4. The van der Waals surface area contributed by atoms with Crippen molar-refractivity contribution in [3.63, 3.8) is 0 Å². The lowest BCUT2D eigenvalue weighted by atomic mass is 9.93. The van der Waals surface area contributed by atoms with Crippen LogP contribution in [0.5, 0.6) is 0 Å². The first-order chi connectivity index (χ1) is 6.96. The highest BCUT2D eigenvalue weighted by molar-refractivity contribution is 5.21. The van der Waals surface area contributed by atoms with E-state index in [0.29, 0.717) is 5.56 Å². The monoisotopic (exact) mass is 217 g/mol. The zero-order valence-electron chi connectivity index (χ0n) is 8.68. The van der Waals surface area contributed by atoms with Gasteiger partial charge in [-0.1, -0.05) is 37.3 Å². The minimum atomic E-state index is -4.22. The molecule has 0 radical (unpaired) electrons. The molecule has 2 unspecified atom stereocenters. The molecule has 1 aromatic carbocycles. The number of rotatable bonds is 3.